The minimum Gasteiger partial charge on any atom is -0.455 e. The van der Waals surface area contributed by atoms with Gasteiger partial charge in [-0.2, -0.15) is 0 Å². The van der Waals surface area contributed by atoms with E-state index in [1.54, 1.807) is 0 Å². The number of hydrogen-bond donors (Lipinski definition) is 0. The zero-order valence-corrected chi connectivity index (χ0v) is 30.3. The van der Waals surface area contributed by atoms with Gasteiger partial charge in [0, 0.05) is 33.0 Å². The molecule has 10 aromatic rings. The van der Waals surface area contributed by atoms with E-state index in [-0.39, 0.29) is 0 Å². The summed E-state index contributed by atoms with van der Waals surface area (Å²) in [7, 11) is 0. The standard InChI is InChI=1S/C53H32N2O/c1-3-15-33(16-4-1)47-32-48(55-52(54-47)34-17-5-2-6-18-34)42-30-29-41-40-22-10-14-26-49(40)56-51(41)50(42)35-27-28-39-38-21-9-13-25-45(38)53(46(39)31-35)43-23-11-7-19-36(43)37-20-8-12-24-44(37)53/h1-32H. The average molecular weight is 713 g/mol. The molecule has 0 N–H and O–H groups in total. The van der Waals surface area contributed by atoms with E-state index < -0.39 is 5.41 Å². The summed E-state index contributed by atoms with van der Waals surface area (Å²) in [5.74, 6) is 0.681. The van der Waals surface area contributed by atoms with Crippen LogP contribution in [-0.2, 0) is 5.41 Å². The molecule has 1 spiro atoms. The van der Waals surface area contributed by atoms with Gasteiger partial charge in [-0.1, -0.05) is 170 Å². The van der Waals surface area contributed by atoms with Gasteiger partial charge in [-0.15, -0.1) is 0 Å². The molecule has 3 nitrogen and oxygen atoms in total. The second-order valence-electron chi connectivity index (χ2n) is 14.8. The van der Waals surface area contributed by atoms with E-state index >= 15 is 0 Å². The third-order valence-corrected chi connectivity index (χ3v) is 11.9. The van der Waals surface area contributed by atoms with Gasteiger partial charge in [-0.3, -0.25) is 0 Å². The lowest BCUT2D eigenvalue weighted by molar-refractivity contribution is 0.670. The van der Waals surface area contributed by atoms with Crippen LogP contribution in [0.4, 0.5) is 0 Å². The largest absolute Gasteiger partial charge is 0.455 e. The van der Waals surface area contributed by atoms with Gasteiger partial charge in [0.05, 0.1) is 16.8 Å². The van der Waals surface area contributed by atoms with Crippen molar-refractivity contribution >= 4 is 21.9 Å². The van der Waals surface area contributed by atoms with E-state index in [9.17, 15) is 0 Å². The maximum Gasteiger partial charge on any atom is 0.160 e. The van der Waals surface area contributed by atoms with Crippen LogP contribution in [0.3, 0.4) is 0 Å². The normalized spacial score (nSPS) is 13.1. The van der Waals surface area contributed by atoms with Crippen molar-refractivity contribution in [3.63, 3.8) is 0 Å². The number of fused-ring (bicyclic) bond motifs is 13. The van der Waals surface area contributed by atoms with Crippen LogP contribution in [0.5, 0.6) is 0 Å². The molecule has 0 amide bonds. The van der Waals surface area contributed by atoms with E-state index in [1.165, 1.54) is 44.5 Å². The Morgan fingerprint density at radius 1 is 0.357 bits per heavy atom. The van der Waals surface area contributed by atoms with Crippen molar-refractivity contribution in [2.75, 3.05) is 0 Å². The van der Waals surface area contributed by atoms with Gasteiger partial charge in [0.15, 0.2) is 5.82 Å². The molecule has 0 saturated carbocycles. The Labute approximate surface area is 324 Å². The monoisotopic (exact) mass is 712 g/mol. The van der Waals surface area contributed by atoms with Gasteiger partial charge >= 0.3 is 0 Å². The van der Waals surface area contributed by atoms with Crippen molar-refractivity contribution < 1.29 is 4.42 Å². The fourth-order valence-electron chi connectivity index (χ4n) is 9.60. The SMILES string of the molecule is c1ccc(-c2cc(-c3ccc4c(oc5ccccc54)c3-c3ccc4c(c3)C3(c5ccccc5-c5ccccc53)c3ccccc3-4)nc(-c3ccccc3)n2)cc1. The number of furan rings is 1. The number of aromatic nitrogens is 2. The lowest BCUT2D eigenvalue weighted by atomic mass is 9.70. The highest BCUT2D eigenvalue weighted by atomic mass is 16.3. The number of para-hydroxylation sites is 1. The summed E-state index contributed by atoms with van der Waals surface area (Å²) in [6, 6.07) is 69.5. The summed E-state index contributed by atoms with van der Waals surface area (Å²) in [5, 5.41) is 2.17. The number of rotatable bonds is 4. The molecule has 0 saturated heterocycles. The quantitative estimate of drug-likeness (QED) is 0.182. The Bertz CT molecular complexity index is 3080. The molecule has 0 fully saturated rings. The first kappa shape index (κ1) is 31.0. The van der Waals surface area contributed by atoms with Crippen molar-refractivity contribution in [3.05, 3.63) is 216 Å². The Morgan fingerprint density at radius 3 is 1.57 bits per heavy atom. The lowest BCUT2D eigenvalue weighted by Gasteiger charge is -2.30. The summed E-state index contributed by atoms with van der Waals surface area (Å²) in [6.45, 7) is 0. The van der Waals surface area contributed by atoms with Gasteiger partial charge in [0.1, 0.15) is 11.2 Å². The van der Waals surface area contributed by atoms with E-state index in [1.807, 2.05) is 30.3 Å². The Hall–Kier alpha value is -7.36. The van der Waals surface area contributed by atoms with E-state index in [0.29, 0.717) is 5.82 Å². The highest BCUT2D eigenvalue weighted by Gasteiger charge is 2.51. The van der Waals surface area contributed by atoms with Crippen LogP contribution in [0.2, 0.25) is 0 Å². The molecule has 2 aliphatic rings. The summed E-state index contributed by atoms with van der Waals surface area (Å²) in [6.07, 6.45) is 0. The molecule has 2 heterocycles. The van der Waals surface area contributed by atoms with Gasteiger partial charge in [-0.05, 0) is 74.3 Å². The molecule has 0 bridgehead atoms. The second kappa shape index (κ2) is 11.8. The van der Waals surface area contributed by atoms with Gasteiger partial charge < -0.3 is 4.42 Å². The van der Waals surface area contributed by atoms with Gasteiger partial charge in [0.25, 0.3) is 0 Å². The molecule has 0 unspecified atom stereocenters. The molecule has 0 atom stereocenters. The maximum atomic E-state index is 6.90. The summed E-state index contributed by atoms with van der Waals surface area (Å²) in [4.78, 5) is 10.5. The molecular weight excluding hydrogens is 681 g/mol. The van der Waals surface area contributed by atoms with Gasteiger partial charge in [-0.25, -0.2) is 9.97 Å². The molecule has 2 aromatic heterocycles. The predicted octanol–water partition coefficient (Wildman–Crippen LogP) is 13.4. The van der Waals surface area contributed by atoms with Crippen LogP contribution < -0.4 is 0 Å². The predicted molar refractivity (Wildman–Crippen MR) is 227 cm³/mol. The van der Waals surface area contributed by atoms with Crippen molar-refractivity contribution in [1.29, 1.82) is 0 Å². The lowest BCUT2D eigenvalue weighted by Crippen LogP contribution is -2.25. The van der Waals surface area contributed by atoms with E-state index in [4.69, 9.17) is 14.4 Å². The van der Waals surface area contributed by atoms with E-state index in [2.05, 4.69) is 164 Å². The first-order valence-corrected chi connectivity index (χ1v) is 19.2. The Kier molecular flexibility index (Phi) is 6.55. The highest BCUT2D eigenvalue weighted by molar-refractivity contribution is 6.13. The topological polar surface area (TPSA) is 38.9 Å². The van der Waals surface area contributed by atoms with Crippen molar-refractivity contribution in [2.45, 2.75) is 5.41 Å². The average Bonchev–Trinajstić information content (AvgIpc) is 3.90. The number of hydrogen-bond acceptors (Lipinski definition) is 3. The molecule has 56 heavy (non-hydrogen) atoms. The molecule has 0 aliphatic heterocycles. The Balaban J connectivity index is 1.18. The Morgan fingerprint density at radius 2 is 0.893 bits per heavy atom. The van der Waals surface area contributed by atoms with E-state index in [0.717, 1.165) is 61.1 Å². The maximum absolute atomic E-state index is 6.90. The number of nitrogens with zero attached hydrogens (tertiary/aromatic N) is 2. The fraction of sp³-hybridized carbons (Fsp3) is 0.0189. The smallest absolute Gasteiger partial charge is 0.160 e. The molecule has 12 rings (SSSR count). The van der Waals surface area contributed by atoms with Crippen molar-refractivity contribution in [1.82, 2.24) is 9.97 Å². The highest BCUT2D eigenvalue weighted by Crippen LogP contribution is 2.63. The van der Waals surface area contributed by atoms with Crippen molar-refractivity contribution in [2.24, 2.45) is 0 Å². The van der Waals surface area contributed by atoms with Crippen LogP contribution in [0.15, 0.2) is 199 Å². The van der Waals surface area contributed by atoms with Crippen LogP contribution in [0.1, 0.15) is 22.3 Å². The minimum atomic E-state index is -0.465. The first-order valence-electron chi connectivity index (χ1n) is 19.2. The first-order chi connectivity index (χ1) is 27.8. The van der Waals surface area contributed by atoms with Crippen LogP contribution >= 0.6 is 0 Å². The molecule has 0 radical (unpaired) electrons. The fourth-order valence-corrected chi connectivity index (χ4v) is 9.60. The third kappa shape index (κ3) is 4.28. The summed E-state index contributed by atoms with van der Waals surface area (Å²) in [5.41, 5.74) is 18.4. The molecule has 8 aromatic carbocycles. The summed E-state index contributed by atoms with van der Waals surface area (Å²) < 4.78 is 6.90. The summed E-state index contributed by atoms with van der Waals surface area (Å²) >= 11 is 0. The van der Waals surface area contributed by atoms with Crippen LogP contribution in [0.25, 0.3) is 89.2 Å². The molecule has 260 valence electrons. The second-order valence-corrected chi connectivity index (χ2v) is 14.8. The van der Waals surface area contributed by atoms with Crippen molar-refractivity contribution in [3.8, 4) is 67.3 Å². The van der Waals surface area contributed by atoms with Crippen LogP contribution in [-0.4, -0.2) is 9.97 Å². The van der Waals surface area contributed by atoms with Crippen LogP contribution in [0, 0.1) is 0 Å². The zero-order chi connectivity index (χ0) is 36.8. The molecular formula is C53H32N2O. The minimum absolute atomic E-state index is 0.465. The third-order valence-electron chi connectivity index (χ3n) is 11.9. The zero-order valence-electron chi connectivity index (χ0n) is 30.3. The molecule has 3 heteroatoms. The molecule has 2 aliphatic carbocycles. The number of benzene rings is 8. The van der Waals surface area contributed by atoms with Gasteiger partial charge in [0.2, 0.25) is 0 Å².